The average Bonchev–Trinajstić information content (AvgIpc) is 2.65. The van der Waals surface area contributed by atoms with Crippen molar-refractivity contribution in [2.24, 2.45) is 11.0 Å². The van der Waals surface area contributed by atoms with E-state index in [0.29, 0.717) is 36.0 Å². The van der Waals surface area contributed by atoms with Gasteiger partial charge in [-0.2, -0.15) is 5.10 Å². The second kappa shape index (κ2) is 10.3. The molecule has 8 heteroatoms. The van der Waals surface area contributed by atoms with Gasteiger partial charge in [0.25, 0.3) is 5.91 Å². The minimum Gasteiger partial charge on any atom is -0.493 e. The molecule has 1 N–H and O–H groups in total. The van der Waals surface area contributed by atoms with Gasteiger partial charge in [0.15, 0.2) is 11.5 Å². The summed E-state index contributed by atoms with van der Waals surface area (Å²) in [6.45, 7) is 5.55. The zero-order chi connectivity index (χ0) is 19.7. The smallest absolute Gasteiger partial charge is 0.314 e. The van der Waals surface area contributed by atoms with E-state index in [2.05, 4.69) is 10.5 Å². The SMILES string of the molecule is CCOC(=O)C(CC)/C(C)=N/NC(=O)c1cc(OC)c(OC)c(OC)c1. The average molecular weight is 366 g/mol. The summed E-state index contributed by atoms with van der Waals surface area (Å²) in [6.07, 6.45) is 0.522. The van der Waals surface area contributed by atoms with Gasteiger partial charge in [-0.15, -0.1) is 0 Å². The molecule has 0 fully saturated rings. The Morgan fingerprint density at radius 3 is 2.08 bits per heavy atom. The van der Waals surface area contributed by atoms with Crippen LogP contribution in [0.2, 0.25) is 0 Å². The summed E-state index contributed by atoms with van der Waals surface area (Å²) in [7, 11) is 4.41. The Labute approximate surface area is 153 Å². The van der Waals surface area contributed by atoms with Crippen LogP contribution in [0.15, 0.2) is 17.2 Å². The molecule has 1 aromatic rings. The van der Waals surface area contributed by atoms with E-state index in [9.17, 15) is 9.59 Å². The predicted octanol–water partition coefficient (Wildman–Crippen LogP) is 2.41. The molecule has 8 nitrogen and oxygen atoms in total. The number of carbonyl (C=O) groups excluding carboxylic acids is 2. The fraction of sp³-hybridized carbons (Fsp3) is 0.500. The Morgan fingerprint density at radius 2 is 1.65 bits per heavy atom. The highest BCUT2D eigenvalue weighted by molar-refractivity contribution is 6.02. The van der Waals surface area contributed by atoms with Gasteiger partial charge in [-0.3, -0.25) is 9.59 Å². The fourth-order valence-electron chi connectivity index (χ4n) is 2.37. The van der Waals surface area contributed by atoms with Crippen molar-refractivity contribution in [3.05, 3.63) is 17.7 Å². The molecule has 144 valence electrons. The van der Waals surface area contributed by atoms with E-state index in [1.165, 1.54) is 33.5 Å². The number of hydrazone groups is 1. The molecule has 1 amide bonds. The number of amides is 1. The number of methoxy groups -OCH3 is 3. The summed E-state index contributed by atoms with van der Waals surface area (Å²) < 4.78 is 20.7. The van der Waals surface area contributed by atoms with E-state index in [0.717, 1.165) is 0 Å². The molecule has 0 spiro atoms. The quantitative estimate of drug-likeness (QED) is 0.410. The van der Waals surface area contributed by atoms with Gasteiger partial charge in [0.1, 0.15) is 0 Å². The van der Waals surface area contributed by atoms with Gasteiger partial charge in [-0.05, 0) is 32.4 Å². The molecule has 0 saturated heterocycles. The first-order valence-corrected chi connectivity index (χ1v) is 8.24. The summed E-state index contributed by atoms with van der Waals surface area (Å²) in [5.74, 6) is -0.235. The maximum absolute atomic E-state index is 12.4. The lowest BCUT2D eigenvalue weighted by Crippen LogP contribution is -2.27. The number of nitrogens with zero attached hydrogens (tertiary/aromatic N) is 1. The molecular formula is C18H26N2O6. The second-order valence-corrected chi connectivity index (χ2v) is 5.32. The van der Waals surface area contributed by atoms with Gasteiger partial charge in [0, 0.05) is 11.3 Å². The summed E-state index contributed by atoms with van der Waals surface area (Å²) >= 11 is 0. The van der Waals surface area contributed by atoms with Crippen LogP contribution in [0.5, 0.6) is 17.2 Å². The van der Waals surface area contributed by atoms with E-state index in [1.807, 2.05) is 6.92 Å². The topological polar surface area (TPSA) is 95.5 Å². The van der Waals surface area contributed by atoms with Crippen molar-refractivity contribution < 1.29 is 28.5 Å². The monoisotopic (exact) mass is 366 g/mol. The summed E-state index contributed by atoms with van der Waals surface area (Å²) in [4.78, 5) is 24.3. The van der Waals surface area contributed by atoms with Crippen molar-refractivity contribution in [3.8, 4) is 17.2 Å². The van der Waals surface area contributed by atoms with Crippen molar-refractivity contribution in [2.45, 2.75) is 27.2 Å². The molecule has 1 atom stereocenters. The lowest BCUT2D eigenvalue weighted by atomic mass is 10.0. The Balaban J connectivity index is 3.01. The Kier molecular flexibility index (Phi) is 8.41. The van der Waals surface area contributed by atoms with E-state index < -0.39 is 11.8 Å². The van der Waals surface area contributed by atoms with Crippen molar-refractivity contribution in [1.29, 1.82) is 0 Å². The first-order valence-electron chi connectivity index (χ1n) is 8.24. The van der Waals surface area contributed by atoms with Crippen LogP contribution in [-0.2, 0) is 9.53 Å². The van der Waals surface area contributed by atoms with E-state index in [4.69, 9.17) is 18.9 Å². The molecular weight excluding hydrogens is 340 g/mol. The highest BCUT2D eigenvalue weighted by Gasteiger charge is 2.22. The van der Waals surface area contributed by atoms with Crippen molar-refractivity contribution in [2.75, 3.05) is 27.9 Å². The molecule has 26 heavy (non-hydrogen) atoms. The van der Waals surface area contributed by atoms with Crippen molar-refractivity contribution in [3.63, 3.8) is 0 Å². The maximum Gasteiger partial charge on any atom is 0.314 e. The number of benzene rings is 1. The number of nitrogens with one attached hydrogen (secondary N) is 1. The molecule has 0 aromatic heterocycles. The van der Waals surface area contributed by atoms with Gasteiger partial charge in [0.2, 0.25) is 5.75 Å². The molecule has 0 aliphatic rings. The second-order valence-electron chi connectivity index (χ2n) is 5.32. The van der Waals surface area contributed by atoms with Crippen molar-refractivity contribution in [1.82, 2.24) is 5.43 Å². The zero-order valence-electron chi connectivity index (χ0n) is 16.0. The number of esters is 1. The number of hydrogen-bond donors (Lipinski definition) is 1. The third kappa shape index (κ3) is 5.11. The number of hydrogen-bond acceptors (Lipinski definition) is 7. The van der Waals surface area contributed by atoms with Crippen LogP contribution in [0.25, 0.3) is 0 Å². The van der Waals surface area contributed by atoms with Crippen molar-refractivity contribution >= 4 is 17.6 Å². The van der Waals surface area contributed by atoms with E-state index in [-0.39, 0.29) is 11.5 Å². The molecule has 0 heterocycles. The third-order valence-corrected chi connectivity index (χ3v) is 3.74. The fourth-order valence-corrected chi connectivity index (χ4v) is 2.37. The lowest BCUT2D eigenvalue weighted by Gasteiger charge is -2.14. The number of rotatable bonds is 9. The normalized spacial score (nSPS) is 12.2. The third-order valence-electron chi connectivity index (χ3n) is 3.74. The summed E-state index contributed by atoms with van der Waals surface area (Å²) in [6, 6.07) is 3.04. The van der Waals surface area contributed by atoms with Crippen LogP contribution in [0.1, 0.15) is 37.6 Å². The minimum atomic E-state index is -0.504. The molecule has 0 aliphatic carbocycles. The molecule has 1 unspecified atom stereocenters. The van der Waals surface area contributed by atoms with Crippen LogP contribution in [0.4, 0.5) is 0 Å². The Morgan fingerprint density at radius 1 is 1.08 bits per heavy atom. The van der Waals surface area contributed by atoms with Gasteiger partial charge in [-0.1, -0.05) is 6.92 Å². The first kappa shape index (κ1) is 21.3. The molecule has 0 aliphatic heterocycles. The van der Waals surface area contributed by atoms with Crippen LogP contribution in [-0.4, -0.2) is 45.5 Å². The summed E-state index contributed by atoms with van der Waals surface area (Å²) in [5.41, 5.74) is 3.18. The number of carbonyl (C=O) groups is 2. The predicted molar refractivity (Wildman–Crippen MR) is 97.1 cm³/mol. The van der Waals surface area contributed by atoms with Crippen LogP contribution >= 0.6 is 0 Å². The molecule has 0 saturated carbocycles. The minimum absolute atomic E-state index is 0.278. The van der Waals surface area contributed by atoms with Crippen LogP contribution < -0.4 is 19.6 Å². The highest BCUT2D eigenvalue weighted by atomic mass is 16.5. The standard InChI is InChI=1S/C18H26N2O6/c1-7-13(18(22)26-8-2)11(3)19-20-17(21)12-9-14(23-4)16(25-6)15(10-12)24-5/h9-10,13H,7-8H2,1-6H3,(H,20,21)/b19-11+. The van der Waals surface area contributed by atoms with E-state index >= 15 is 0 Å². The lowest BCUT2D eigenvalue weighted by molar-refractivity contribution is -0.145. The highest BCUT2D eigenvalue weighted by Crippen LogP contribution is 2.38. The molecule has 1 aromatic carbocycles. The van der Waals surface area contributed by atoms with Gasteiger partial charge < -0.3 is 18.9 Å². The van der Waals surface area contributed by atoms with Gasteiger partial charge >= 0.3 is 5.97 Å². The zero-order valence-corrected chi connectivity index (χ0v) is 16.0. The molecule has 0 bridgehead atoms. The first-order chi connectivity index (χ1) is 12.4. The van der Waals surface area contributed by atoms with Crippen LogP contribution in [0.3, 0.4) is 0 Å². The van der Waals surface area contributed by atoms with Gasteiger partial charge in [0.05, 0.1) is 33.9 Å². The summed E-state index contributed by atoms with van der Waals surface area (Å²) in [5, 5.41) is 4.03. The van der Waals surface area contributed by atoms with Crippen LogP contribution in [0, 0.1) is 5.92 Å². The molecule has 0 radical (unpaired) electrons. The van der Waals surface area contributed by atoms with E-state index in [1.54, 1.807) is 13.8 Å². The Bertz CT molecular complexity index is 647. The largest absolute Gasteiger partial charge is 0.493 e. The number of ether oxygens (including phenoxy) is 4. The molecule has 1 rings (SSSR count). The Hall–Kier alpha value is -2.77. The maximum atomic E-state index is 12.4. The van der Waals surface area contributed by atoms with Gasteiger partial charge in [-0.25, -0.2) is 5.43 Å².